The van der Waals surface area contributed by atoms with Crippen molar-refractivity contribution in [2.75, 3.05) is 65.0 Å². The van der Waals surface area contributed by atoms with Gasteiger partial charge in [-0.05, 0) is 73.7 Å². The molecule has 3 fully saturated rings. The van der Waals surface area contributed by atoms with Crippen molar-refractivity contribution in [1.82, 2.24) is 24.8 Å². The number of aromatic hydroxyl groups is 1. The number of aromatic nitrogens is 3. The minimum absolute atomic E-state index is 0.0191. The summed E-state index contributed by atoms with van der Waals surface area (Å²) in [5.41, 5.74) is 4.32. The zero-order valence-corrected chi connectivity index (χ0v) is 34.9. The fourth-order valence-corrected chi connectivity index (χ4v) is 15.0. The lowest BCUT2D eigenvalue weighted by Crippen LogP contribution is -2.43. The van der Waals surface area contributed by atoms with E-state index in [1.54, 1.807) is 12.3 Å². The molecular formula is C43H55F3N6O3Si. The van der Waals surface area contributed by atoms with Crippen LogP contribution >= 0.6 is 0 Å². The maximum Gasteiger partial charge on any atom is 0.319 e. The first-order chi connectivity index (χ1) is 26.6. The van der Waals surface area contributed by atoms with Crippen LogP contribution in [0.15, 0.2) is 30.5 Å². The van der Waals surface area contributed by atoms with Crippen LogP contribution in [0.2, 0.25) is 16.6 Å². The molecule has 4 aromatic rings. The number of halogens is 3. The molecule has 0 radical (unpaired) electrons. The van der Waals surface area contributed by atoms with Crippen molar-refractivity contribution in [2.45, 2.75) is 95.2 Å². The van der Waals surface area contributed by atoms with Crippen molar-refractivity contribution in [3.8, 4) is 34.5 Å². The highest BCUT2D eigenvalue weighted by molar-refractivity contribution is 6.90. The Morgan fingerprint density at radius 2 is 1.80 bits per heavy atom. The van der Waals surface area contributed by atoms with Crippen molar-refractivity contribution in [3.05, 3.63) is 47.7 Å². The third-order valence-corrected chi connectivity index (χ3v) is 19.0. The molecule has 7 rings (SSSR count). The zero-order chi connectivity index (χ0) is 40.1. The molecule has 56 heavy (non-hydrogen) atoms. The molecule has 0 bridgehead atoms. The van der Waals surface area contributed by atoms with E-state index in [9.17, 15) is 9.50 Å². The normalized spacial score (nSPS) is 22.1. The number of ether oxygens (including phenoxy) is 2. The Labute approximate surface area is 329 Å². The van der Waals surface area contributed by atoms with Crippen molar-refractivity contribution in [2.24, 2.45) is 0 Å². The smallest absolute Gasteiger partial charge is 0.319 e. The van der Waals surface area contributed by atoms with Gasteiger partial charge in [-0.25, -0.2) is 13.2 Å². The quantitative estimate of drug-likeness (QED) is 0.134. The summed E-state index contributed by atoms with van der Waals surface area (Å²) in [5, 5.41) is 12.2. The maximum absolute atomic E-state index is 17.4. The molecule has 5 heterocycles. The number of hydrogen-bond donors (Lipinski definition) is 1. The predicted molar refractivity (Wildman–Crippen MR) is 219 cm³/mol. The van der Waals surface area contributed by atoms with E-state index < -0.39 is 31.4 Å². The first-order valence-electron chi connectivity index (χ1n) is 20.0. The largest absolute Gasteiger partial charge is 0.508 e. The minimum Gasteiger partial charge on any atom is -0.508 e. The summed E-state index contributed by atoms with van der Waals surface area (Å²) >= 11 is 0. The van der Waals surface area contributed by atoms with E-state index in [2.05, 4.69) is 72.8 Å². The lowest BCUT2D eigenvalue weighted by molar-refractivity contribution is 0.103. The molecule has 0 saturated carbocycles. The fourth-order valence-electron chi connectivity index (χ4n) is 9.80. The lowest BCUT2D eigenvalue weighted by Gasteiger charge is -2.38. The standard InChI is InChI=1S/C43H55F3N6O3Si/c1-26(2)56(27(3)4,28(5)6)17-12-33-36(45)11-10-29-18-32(53)19-34(37(29)33)39-38(46)40-35(21-47-39)41(51-15-16-54-24-31(23-51)50(7)8)49-42(48-40)55-25-43-13-9-14-52(43)22-30(44)20-43/h10-11,18-19,21,26-28,30-31,53H,9,13-16,20,22-25H2,1-8H3/t30-,31?,43+/m1/s1. The van der Waals surface area contributed by atoms with Crippen molar-refractivity contribution in [1.29, 1.82) is 0 Å². The van der Waals surface area contributed by atoms with Crippen molar-refractivity contribution >= 4 is 35.6 Å². The summed E-state index contributed by atoms with van der Waals surface area (Å²) in [5.74, 6) is 2.32. The van der Waals surface area contributed by atoms with Crippen LogP contribution in [0, 0.1) is 23.1 Å². The molecule has 2 aromatic heterocycles. The molecule has 1 N–H and O–H groups in total. The molecule has 3 aliphatic rings. The van der Waals surface area contributed by atoms with Gasteiger partial charge in [-0.1, -0.05) is 53.5 Å². The summed E-state index contributed by atoms with van der Waals surface area (Å²) in [7, 11) is 1.69. The Kier molecular flexibility index (Phi) is 11.3. The number of anilines is 1. The molecular weight excluding hydrogens is 734 g/mol. The van der Waals surface area contributed by atoms with Gasteiger partial charge in [0.2, 0.25) is 0 Å². The first-order valence-corrected chi connectivity index (χ1v) is 22.2. The summed E-state index contributed by atoms with van der Waals surface area (Å²) in [6.45, 7) is 16.5. The summed E-state index contributed by atoms with van der Waals surface area (Å²) in [4.78, 5) is 20.5. The molecule has 300 valence electrons. The van der Waals surface area contributed by atoms with Gasteiger partial charge >= 0.3 is 6.01 Å². The highest BCUT2D eigenvalue weighted by atomic mass is 28.3. The second-order valence-corrected chi connectivity index (χ2v) is 22.8. The van der Waals surface area contributed by atoms with E-state index in [4.69, 9.17) is 14.5 Å². The van der Waals surface area contributed by atoms with Gasteiger partial charge in [-0.3, -0.25) is 9.88 Å². The Morgan fingerprint density at radius 1 is 1.05 bits per heavy atom. The van der Waals surface area contributed by atoms with Crippen LogP contribution in [0.3, 0.4) is 0 Å². The molecule has 0 amide bonds. The van der Waals surface area contributed by atoms with Crippen LogP contribution in [0.1, 0.15) is 66.4 Å². The Balaban J connectivity index is 1.41. The molecule has 1 unspecified atom stereocenters. The van der Waals surface area contributed by atoms with Gasteiger partial charge in [0, 0.05) is 43.2 Å². The average Bonchev–Trinajstić information content (AvgIpc) is 3.54. The van der Waals surface area contributed by atoms with Crippen LogP contribution in [-0.2, 0) is 4.74 Å². The van der Waals surface area contributed by atoms with Crippen LogP contribution in [0.5, 0.6) is 11.8 Å². The highest BCUT2D eigenvalue weighted by Crippen LogP contribution is 2.43. The van der Waals surface area contributed by atoms with Gasteiger partial charge in [0.15, 0.2) is 5.82 Å². The minimum atomic E-state index is -2.29. The second kappa shape index (κ2) is 15.8. The van der Waals surface area contributed by atoms with Gasteiger partial charge < -0.3 is 24.4 Å². The monoisotopic (exact) mass is 788 g/mol. The van der Waals surface area contributed by atoms with E-state index in [1.165, 1.54) is 18.2 Å². The van der Waals surface area contributed by atoms with Gasteiger partial charge in [0.05, 0.1) is 35.7 Å². The molecule has 3 atom stereocenters. The fraction of sp³-hybridized carbons (Fsp3) is 0.558. The van der Waals surface area contributed by atoms with E-state index in [0.29, 0.717) is 77.9 Å². The zero-order valence-electron chi connectivity index (χ0n) is 33.9. The van der Waals surface area contributed by atoms with Crippen LogP contribution in [0.4, 0.5) is 19.0 Å². The number of rotatable bonds is 9. The molecule has 13 heteroatoms. The number of benzene rings is 2. The van der Waals surface area contributed by atoms with Crippen LogP contribution in [-0.4, -0.2) is 116 Å². The Hall–Kier alpha value is -3.96. The number of hydrogen-bond acceptors (Lipinski definition) is 9. The summed E-state index contributed by atoms with van der Waals surface area (Å²) in [6.07, 6.45) is 2.72. The predicted octanol–water partition coefficient (Wildman–Crippen LogP) is 8.12. The van der Waals surface area contributed by atoms with Crippen LogP contribution < -0.4 is 9.64 Å². The molecule has 3 saturated heterocycles. The Morgan fingerprint density at radius 3 is 2.52 bits per heavy atom. The SMILES string of the molecule is CC(C)[Si](C#Cc1c(F)ccc2cc(O)cc(-c3ncc4c(N5CCOCC(N(C)C)C5)nc(OC[C@@]56CCCN5C[C@H](F)C6)nc4c3F)c12)(C(C)C)C(C)C. The number of alkyl halides is 1. The third kappa shape index (κ3) is 7.23. The third-order valence-electron chi connectivity index (χ3n) is 12.7. The van der Waals surface area contributed by atoms with Gasteiger partial charge in [0.25, 0.3) is 0 Å². The molecule has 2 aromatic carbocycles. The number of phenols is 1. The van der Waals surface area contributed by atoms with Crippen molar-refractivity contribution < 1.29 is 27.8 Å². The number of phenolic OH excluding ortho intramolecular Hbond substituents is 1. The van der Waals surface area contributed by atoms with E-state index in [1.807, 2.05) is 19.0 Å². The lowest BCUT2D eigenvalue weighted by atomic mass is 9.95. The average molecular weight is 789 g/mol. The van der Waals surface area contributed by atoms with Gasteiger partial charge in [0.1, 0.15) is 49.4 Å². The van der Waals surface area contributed by atoms with Gasteiger partial charge in [-0.2, -0.15) is 9.97 Å². The maximum atomic E-state index is 17.4. The highest BCUT2D eigenvalue weighted by Gasteiger charge is 2.49. The van der Waals surface area contributed by atoms with E-state index >= 15 is 8.78 Å². The number of nitrogens with zero attached hydrogens (tertiary/aromatic N) is 6. The molecule has 0 aliphatic carbocycles. The Bertz CT molecular complexity index is 2150. The van der Waals surface area contributed by atoms with E-state index in [0.717, 1.165) is 19.4 Å². The van der Waals surface area contributed by atoms with Gasteiger partial charge in [-0.15, -0.1) is 5.54 Å². The topological polar surface area (TPSA) is 87.1 Å². The number of fused-ring (bicyclic) bond motifs is 3. The second-order valence-electron chi connectivity index (χ2n) is 17.2. The number of pyridine rings is 1. The summed E-state index contributed by atoms with van der Waals surface area (Å²) in [6, 6.07) is 5.88. The van der Waals surface area contributed by atoms with E-state index in [-0.39, 0.29) is 46.7 Å². The van der Waals surface area contributed by atoms with Crippen molar-refractivity contribution in [3.63, 3.8) is 0 Å². The van der Waals surface area contributed by atoms with Crippen LogP contribution in [0.25, 0.3) is 32.9 Å². The first kappa shape index (κ1) is 40.2. The molecule has 0 spiro atoms. The summed E-state index contributed by atoms with van der Waals surface area (Å²) < 4.78 is 60.5. The number of likely N-dealkylation sites (N-methyl/N-ethyl adjacent to an activating group) is 1. The molecule has 9 nitrogen and oxygen atoms in total. The molecule has 3 aliphatic heterocycles.